The molecule has 0 saturated heterocycles. The Morgan fingerprint density at radius 3 is 2.17 bits per heavy atom. The predicted molar refractivity (Wildman–Crippen MR) is 129 cm³/mol. The van der Waals surface area contributed by atoms with Crippen LogP contribution in [-0.2, 0) is 14.3 Å². The van der Waals surface area contributed by atoms with Gasteiger partial charge in [-0.15, -0.1) is 0 Å². The Bertz CT molecular complexity index is 1240. The topological polar surface area (TPSA) is 123 Å². The third-order valence-electron chi connectivity index (χ3n) is 5.38. The summed E-state index contributed by atoms with van der Waals surface area (Å²) in [6.07, 6.45) is 1.34. The summed E-state index contributed by atoms with van der Waals surface area (Å²) in [7, 11) is 0. The molecule has 0 spiro atoms. The van der Waals surface area contributed by atoms with E-state index in [-0.39, 0.29) is 41.4 Å². The van der Waals surface area contributed by atoms with Crippen LogP contribution in [0.1, 0.15) is 54.0 Å². The molecular weight excluding hydrogens is 464 g/mol. The number of hydrogen-bond donors (Lipinski definition) is 0. The monoisotopic (exact) mass is 490 g/mol. The molecule has 1 unspecified atom stereocenters. The van der Waals surface area contributed by atoms with Gasteiger partial charge in [0.1, 0.15) is 17.7 Å². The average molecular weight is 491 g/mol. The number of ether oxygens (including phenoxy) is 3. The second-order valence-corrected chi connectivity index (χ2v) is 8.17. The van der Waals surface area contributed by atoms with Crippen LogP contribution in [0.2, 0.25) is 0 Å². The number of fused-ring (bicyclic) bond motifs is 1. The summed E-state index contributed by atoms with van der Waals surface area (Å²) in [6.45, 7) is 7.17. The number of carbonyl (C=O) groups excluding carboxylic acids is 4. The van der Waals surface area contributed by atoms with Gasteiger partial charge in [-0.25, -0.2) is 9.59 Å². The van der Waals surface area contributed by atoms with E-state index in [1.807, 2.05) is 0 Å². The van der Waals surface area contributed by atoms with Gasteiger partial charge in [0.25, 0.3) is 11.8 Å². The lowest BCUT2D eigenvalue weighted by molar-refractivity contribution is -0.140. The molecule has 186 valence electrons. The first-order chi connectivity index (χ1) is 17.2. The van der Waals surface area contributed by atoms with Crippen LogP contribution in [0.5, 0.6) is 11.5 Å². The second-order valence-electron chi connectivity index (χ2n) is 8.17. The minimum atomic E-state index is -1.17. The first kappa shape index (κ1) is 26.2. The summed E-state index contributed by atoms with van der Waals surface area (Å²) >= 11 is 0. The van der Waals surface area contributed by atoms with Crippen molar-refractivity contribution in [2.45, 2.75) is 33.7 Å². The number of esters is 2. The first-order valence-electron chi connectivity index (χ1n) is 11.5. The zero-order valence-corrected chi connectivity index (χ0v) is 20.4. The maximum atomic E-state index is 13.3. The minimum Gasteiger partial charge on any atom is -0.490 e. The fourth-order valence-corrected chi connectivity index (χ4v) is 3.78. The van der Waals surface area contributed by atoms with Gasteiger partial charge in [0.05, 0.1) is 24.3 Å². The van der Waals surface area contributed by atoms with Gasteiger partial charge >= 0.3 is 11.9 Å². The number of imide groups is 1. The molecule has 9 heteroatoms. The van der Waals surface area contributed by atoms with E-state index < -0.39 is 35.7 Å². The molecule has 36 heavy (non-hydrogen) atoms. The smallest absolute Gasteiger partial charge is 0.348 e. The highest BCUT2D eigenvalue weighted by Crippen LogP contribution is 2.32. The van der Waals surface area contributed by atoms with Crippen molar-refractivity contribution >= 4 is 29.8 Å². The van der Waals surface area contributed by atoms with Gasteiger partial charge in [-0.1, -0.05) is 32.0 Å². The molecule has 1 heterocycles. The maximum Gasteiger partial charge on any atom is 0.348 e. The highest BCUT2D eigenvalue weighted by Gasteiger charge is 2.45. The van der Waals surface area contributed by atoms with Crippen molar-refractivity contribution in [2.24, 2.45) is 5.92 Å². The number of hydrogen-bond acceptors (Lipinski definition) is 8. The van der Waals surface area contributed by atoms with E-state index >= 15 is 0 Å². The van der Waals surface area contributed by atoms with E-state index in [0.29, 0.717) is 5.56 Å². The number of rotatable bonds is 9. The molecule has 0 aromatic heterocycles. The second kappa shape index (κ2) is 11.3. The Kier molecular flexibility index (Phi) is 8.22. The molecule has 2 aromatic carbocycles. The summed E-state index contributed by atoms with van der Waals surface area (Å²) in [6, 6.07) is 11.5. The molecule has 0 bridgehead atoms. The highest BCUT2D eigenvalue weighted by molar-refractivity contribution is 6.22. The Labute approximate surface area is 208 Å². The largest absolute Gasteiger partial charge is 0.490 e. The summed E-state index contributed by atoms with van der Waals surface area (Å²) < 4.78 is 16.1. The van der Waals surface area contributed by atoms with Gasteiger partial charge in [0, 0.05) is 0 Å². The van der Waals surface area contributed by atoms with E-state index in [4.69, 9.17) is 14.2 Å². The number of benzene rings is 2. The van der Waals surface area contributed by atoms with Crippen LogP contribution < -0.4 is 9.47 Å². The number of carbonyl (C=O) groups is 4. The van der Waals surface area contributed by atoms with Crippen LogP contribution in [-0.4, -0.2) is 47.9 Å². The summed E-state index contributed by atoms with van der Waals surface area (Å²) in [5.41, 5.74) is 0.724. The lowest BCUT2D eigenvalue weighted by Gasteiger charge is -2.27. The molecule has 2 amide bonds. The van der Waals surface area contributed by atoms with Crippen molar-refractivity contribution in [3.63, 3.8) is 0 Å². The van der Waals surface area contributed by atoms with Gasteiger partial charge in [0.15, 0.2) is 11.5 Å². The van der Waals surface area contributed by atoms with Crippen LogP contribution in [0.3, 0.4) is 0 Å². The Balaban J connectivity index is 1.91. The van der Waals surface area contributed by atoms with Crippen LogP contribution in [0.25, 0.3) is 6.08 Å². The van der Waals surface area contributed by atoms with Crippen molar-refractivity contribution in [2.75, 3.05) is 13.2 Å². The Morgan fingerprint density at radius 1 is 1.00 bits per heavy atom. The Morgan fingerprint density at radius 2 is 1.64 bits per heavy atom. The van der Waals surface area contributed by atoms with Crippen molar-refractivity contribution in [1.82, 2.24) is 4.90 Å². The zero-order chi connectivity index (χ0) is 26.4. The lowest BCUT2D eigenvalue weighted by atomic mass is 10.0. The lowest BCUT2D eigenvalue weighted by Crippen LogP contribution is -2.49. The van der Waals surface area contributed by atoms with Crippen molar-refractivity contribution < 1.29 is 33.4 Å². The van der Waals surface area contributed by atoms with E-state index in [1.54, 1.807) is 58.0 Å². The van der Waals surface area contributed by atoms with Crippen molar-refractivity contribution in [3.8, 4) is 17.6 Å². The number of nitrogens with zero attached hydrogens (tertiary/aromatic N) is 2. The van der Waals surface area contributed by atoms with Gasteiger partial charge in [-0.2, -0.15) is 5.26 Å². The molecule has 0 radical (unpaired) electrons. The fraction of sp³-hybridized carbons (Fsp3) is 0.296. The molecule has 9 nitrogen and oxygen atoms in total. The van der Waals surface area contributed by atoms with Crippen molar-refractivity contribution in [3.05, 3.63) is 64.7 Å². The molecule has 1 aliphatic rings. The minimum absolute atomic E-state index is 0.0656. The maximum absolute atomic E-state index is 13.3. The molecule has 2 aromatic rings. The van der Waals surface area contributed by atoms with Crippen LogP contribution in [0.4, 0.5) is 0 Å². The van der Waals surface area contributed by atoms with E-state index in [0.717, 1.165) is 4.90 Å². The molecule has 3 rings (SSSR count). The zero-order valence-electron chi connectivity index (χ0n) is 20.4. The molecule has 1 aliphatic heterocycles. The number of nitriles is 1. The first-order valence-corrected chi connectivity index (χ1v) is 11.5. The van der Waals surface area contributed by atoms with Gasteiger partial charge < -0.3 is 14.2 Å². The van der Waals surface area contributed by atoms with Crippen molar-refractivity contribution in [1.29, 1.82) is 5.26 Å². The highest BCUT2D eigenvalue weighted by atomic mass is 16.6. The van der Waals surface area contributed by atoms with E-state index in [2.05, 4.69) is 0 Å². The van der Waals surface area contributed by atoms with Gasteiger partial charge in [-0.3, -0.25) is 14.5 Å². The molecule has 0 fully saturated rings. The van der Waals surface area contributed by atoms with Crippen LogP contribution in [0, 0.1) is 17.2 Å². The summed E-state index contributed by atoms with van der Waals surface area (Å²) in [4.78, 5) is 52.1. The standard InChI is InChI=1S/C27H26N2O7/c1-5-34-22-14-17(13-18(15-28)26(32)35-6-2)11-12-21(22)36-27(33)23(16(3)4)29-24(30)19-9-7-8-10-20(19)25(29)31/h7-14,16,23H,5-6H2,1-4H3. The average Bonchev–Trinajstić information content (AvgIpc) is 3.09. The molecular formula is C27H26N2O7. The third kappa shape index (κ3) is 5.28. The predicted octanol–water partition coefficient (Wildman–Crippen LogP) is 3.78. The van der Waals surface area contributed by atoms with Gasteiger partial charge in [0.2, 0.25) is 0 Å². The van der Waals surface area contributed by atoms with E-state index in [1.165, 1.54) is 24.3 Å². The Hall–Kier alpha value is -4.45. The quantitative estimate of drug-likeness (QED) is 0.171. The molecule has 0 aliphatic carbocycles. The number of amides is 2. The van der Waals surface area contributed by atoms with Crippen LogP contribution >= 0.6 is 0 Å². The van der Waals surface area contributed by atoms with Gasteiger partial charge in [-0.05, 0) is 55.7 Å². The molecule has 0 N–H and O–H groups in total. The van der Waals surface area contributed by atoms with E-state index in [9.17, 15) is 24.4 Å². The molecule has 1 atom stereocenters. The van der Waals surface area contributed by atoms with Crippen LogP contribution in [0.15, 0.2) is 48.0 Å². The summed E-state index contributed by atoms with van der Waals surface area (Å²) in [5, 5.41) is 9.28. The summed E-state index contributed by atoms with van der Waals surface area (Å²) in [5.74, 6) is -2.84. The molecule has 0 saturated carbocycles. The SMILES string of the molecule is CCOC(=O)C(C#N)=Cc1ccc(OC(=O)C(C(C)C)N2C(=O)c3ccccc3C2=O)c(OCC)c1. The fourth-order valence-electron chi connectivity index (χ4n) is 3.78. The third-order valence-corrected chi connectivity index (χ3v) is 5.38. The normalized spacial score (nSPS) is 13.8.